The lowest BCUT2D eigenvalue weighted by Crippen LogP contribution is -2.55. The van der Waals surface area contributed by atoms with Gasteiger partial charge < -0.3 is 5.11 Å². The molecule has 0 saturated heterocycles. The van der Waals surface area contributed by atoms with Crippen LogP contribution in [0.4, 0.5) is 0 Å². The summed E-state index contributed by atoms with van der Waals surface area (Å²) in [6, 6.07) is 0. The van der Waals surface area contributed by atoms with Gasteiger partial charge in [0.05, 0.1) is 5.60 Å². The largest absolute Gasteiger partial charge is 0.389 e. The van der Waals surface area contributed by atoms with E-state index in [0.717, 1.165) is 44.9 Å². The summed E-state index contributed by atoms with van der Waals surface area (Å²) < 4.78 is 0. The molecular formula is C20H28O3. The summed E-state index contributed by atoms with van der Waals surface area (Å²) in [5, 5.41) is 11.3. The molecule has 0 heterocycles. The van der Waals surface area contributed by atoms with E-state index in [1.807, 2.05) is 6.08 Å². The van der Waals surface area contributed by atoms with E-state index in [2.05, 4.69) is 6.92 Å². The topological polar surface area (TPSA) is 54.4 Å². The monoisotopic (exact) mass is 316 g/mol. The smallest absolute Gasteiger partial charge is 0.155 e. The first-order valence-electron chi connectivity index (χ1n) is 9.33. The van der Waals surface area contributed by atoms with Gasteiger partial charge in [0.15, 0.2) is 5.78 Å². The molecule has 0 aromatic rings. The first-order valence-corrected chi connectivity index (χ1v) is 9.33. The highest BCUT2D eigenvalue weighted by molar-refractivity contribution is 5.91. The van der Waals surface area contributed by atoms with Gasteiger partial charge in [-0.1, -0.05) is 12.5 Å². The molecule has 3 nitrogen and oxygen atoms in total. The van der Waals surface area contributed by atoms with Gasteiger partial charge in [0.2, 0.25) is 0 Å². The maximum absolute atomic E-state index is 12.0. The Kier molecular flexibility index (Phi) is 3.39. The Labute approximate surface area is 138 Å². The number of ketones is 2. The van der Waals surface area contributed by atoms with Crippen molar-refractivity contribution in [2.24, 2.45) is 29.1 Å². The van der Waals surface area contributed by atoms with E-state index in [1.54, 1.807) is 6.92 Å². The maximum Gasteiger partial charge on any atom is 0.155 e. The molecule has 4 aliphatic carbocycles. The summed E-state index contributed by atoms with van der Waals surface area (Å²) in [5.41, 5.74) is 0.753. The third-order valence-electron chi connectivity index (χ3n) is 7.92. The van der Waals surface area contributed by atoms with Gasteiger partial charge in [-0.05, 0) is 81.1 Å². The van der Waals surface area contributed by atoms with Crippen molar-refractivity contribution in [3.05, 3.63) is 11.6 Å². The molecule has 3 saturated carbocycles. The second-order valence-corrected chi connectivity index (χ2v) is 8.74. The van der Waals surface area contributed by atoms with Crippen LogP contribution >= 0.6 is 0 Å². The van der Waals surface area contributed by atoms with E-state index in [0.29, 0.717) is 24.0 Å². The molecule has 23 heavy (non-hydrogen) atoms. The van der Waals surface area contributed by atoms with Crippen LogP contribution in [0, 0.1) is 29.1 Å². The number of fused-ring (bicyclic) bond motifs is 5. The molecule has 0 radical (unpaired) electrons. The van der Waals surface area contributed by atoms with Gasteiger partial charge in [-0.15, -0.1) is 0 Å². The van der Waals surface area contributed by atoms with E-state index in [4.69, 9.17) is 0 Å². The minimum atomic E-state index is -0.755. The first-order chi connectivity index (χ1) is 10.9. The molecule has 4 rings (SSSR count). The molecule has 6 atom stereocenters. The number of allylic oxidation sites excluding steroid dienone is 1. The van der Waals surface area contributed by atoms with Crippen LogP contribution in [0.2, 0.25) is 0 Å². The second kappa shape index (κ2) is 5.02. The maximum atomic E-state index is 12.0. The third kappa shape index (κ3) is 2.05. The zero-order valence-electron chi connectivity index (χ0n) is 14.3. The lowest BCUT2D eigenvalue weighted by atomic mass is 9.48. The van der Waals surface area contributed by atoms with Crippen molar-refractivity contribution in [1.82, 2.24) is 0 Å². The first kappa shape index (κ1) is 15.6. The van der Waals surface area contributed by atoms with Crippen molar-refractivity contribution in [3.63, 3.8) is 0 Å². The van der Waals surface area contributed by atoms with E-state index in [-0.39, 0.29) is 23.0 Å². The van der Waals surface area contributed by atoms with Crippen molar-refractivity contribution in [1.29, 1.82) is 0 Å². The molecular weight excluding hydrogens is 288 g/mol. The Balaban J connectivity index is 1.67. The predicted molar refractivity (Wildman–Crippen MR) is 87.7 cm³/mol. The summed E-state index contributed by atoms with van der Waals surface area (Å²) >= 11 is 0. The molecule has 0 amide bonds. The quantitative estimate of drug-likeness (QED) is 0.806. The highest BCUT2D eigenvalue weighted by Gasteiger charge is 2.61. The molecule has 126 valence electrons. The number of carbonyl (C=O) groups excluding carboxylic acids is 2. The van der Waals surface area contributed by atoms with Crippen molar-refractivity contribution in [3.8, 4) is 0 Å². The zero-order valence-corrected chi connectivity index (χ0v) is 14.3. The van der Waals surface area contributed by atoms with Gasteiger partial charge in [0.1, 0.15) is 5.78 Å². The molecule has 0 spiro atoms. The highest BCUT2D eigenvalue weighted by atomic mass is 16.3. The Morgan fingerprint density at radius 2 is 1.91 bits per heavy atom. The van der Waals surface area contributed by atoms with Crippen LogP contribution in [0.1, 0.15) is 65.2 Å². The number of hydrogen-bond acceptors (Lipinski definition) is 3. The van der Waals surface area contributed by atoms with Crippen molar-refractivity contribution >= 4 is 11.6 Å². The fourth-order valence-electron chi connectivity index (χ4n) is 6.76. The fourth-order valence-corrected chi connectivity index (χ4v) is 6.76. The lowest BCUT2D eigenvalue weighted by Gasteiger charge is -2.57. The Morgan fingerprint density at radius 3 is 2.65 bits per heavy atom. The fraction of sp³-hybridized carbons (Fsp3) is 0.800. The molecule has 0 bridgehead atoms. The van der Waals surface area contributed by atoms with Gasteiger partial charge in [-0.2, -0.15) is 0 Å². The molecule has 0 aliphatic heterocycles. The van der Waals surface area contributed by atoms with Gasteiger partial charge in [0, 0.05) is 12.3 Å². The summed E-state index contributed by atoms with van der Waals surface area (Å²) in [6.07, 6.45) is 9.27. The molecule has 4 aliphatic rings. The van der Waals surface area contributed by atoms with Crippen LogP contribution in [0.25, 0.3) is 0 Å². The molecule has 3 heteroatoms. The summed E-state index contributed by atoms with van der Waals surface area (Å²) in [4.78, 5) is 23.8. The van der Waals surface area contributed by atoms with Crippen LogP contribution in [0.3, 0.4) is 0 Å². The average Bonchev–Trinajstić information content (AvgIpc) is 2.85. The van der Waals surface area contributed by atoms with Gasteiger partial charge in [-0.25, -0.2) is 0 Å². The SMILES string of the molecule is CC(=O)[C@H]1CC[C@H]2[C@@H]3CCC4=CC(=O)CC[C@]4(C)[C@H]3CC[C@]12O. The van der Waals surface area contributed by atoms with Crippen molar-refractivity contribution < 1.29 is 14.7 Å². The normalized spacial score (nSPS) is 49.0. The molecule has 1 N–H and O–H groups in total. The highest BCUT2D eigenvalue weighted by Crippen LogP contribution is 2.63. The Morgan fingerprint density at radius 1 is 1.13 bits per heavy atom. The molecule has 3 fully saturated rings. The minimum Gasteiger partial charge on any atom is -0.389 e. The summed E-state index contributed by atoms with van der Waals surface area (Å²) in [5.74, 6) is 1.69. The second-order valence-electron chi connectivity index (χ2n) is 8.74. The average molecular weight is 316 g/mol. The van der Waals surface area contributed by atoms with Gasteiger partial charge in [0.25, 0.3) is 0 Å². The van der Waals surface area contributed by atoms with Crippen LogP contribution < -0.4 is 0 Å². The van der Waals surface area contributed by atoms with Crippen molar-refractivity contribution in [2.75, 3.05) is 0 Å². The standard InChI is InChI=1S/C20H28O3/c1-12(21)16-5-6-18-15-4-3-13-11-14(22)7-9-19(13,2)17(15)8-10-20(16,18)23/h11,15-18,23H,3-10H2,1-2H3/t15-,16-,17+,18+,19+,20+/m1/s1. The van der Waals surface area contributed by atoms with Crippen LogP contribution in [0.15, 0.2) is 11.6 Å². The van der Waals surface area contributed by atoms with Crippen LogP contribution in [-0.2, 0) is 9.59 Å². The van der Waals surface area contributed by atoms with E-state index >= 15 is 0 Å². The number of aliphatic hydroxyl groups is 1. The number of Topliss-reactive ketones (excluding diaryl/α,β-unsaturated/α-hetero) is 1. The van der Waals surface area contributed by atoms with Crippen LogP contribution in [0.5, 0.6) is 0 Å². The van der Waals surface area contributed by atoms with E-state index in [1.165, 1.54) is 5.57 Å². The molecule has 0 aromatic carbocycles. The van der Waals surface area contributed by atoms with E-state index in [9.17, 15) is 14.7 Å². The predicted octanol–water partition coefficient (Wildman–Crippen LogP) is 3.45. The Hall–Kier alpha value is -0.960. The lowest BCUT2D eigenvalue weighted by molar-refractivity contribution is -0.147. The minimum absolute atomic E-state index is 0.145. The summed E-state index contributed by atoms with van der Waals surface area (Å²) in [7, 11) is 0. The van der Waals surface area contributed by atoms with Gasteiger partial charge in [-0.3, -0.25) is 9.59 Å². The van der Waals surface area contributed by atoms with Gasteiger partial charge >= 0.3 is 0 Å². The third-order valence-corrected chi connectivity index (χ3v) is 7.92. The Bertz CT molecular complexity index is 592. The molecule has 0 aromatic heterocycles. The number of rotatable bonds is 1. The summed E-state index contributed by atoms with van der Waals surface area (Å²) in [6.45, 7) is 4.00. The van der Waals surface area contributed by atoms with Crippen LogP contribution in [-0.4, -0.2) is 22.3 Å². The zero-order chi connectivity index (χ0) is 16.4. The number of hydrogen-bond donors (Lipinski definition) is 1. The van der Waals surface area contributed by atoms with Crippen molar-refractivity contribution in [2.45, 2.75) is 70.8 Å². The number of carbonyl (C=O) groups is 2. The molecule has 0 unspecified atom stereocenters. The van der Waals surface area contributed by atoms with E-state index < -0.39 is 5.60 Å².